The molecule has 1 aliphatic carbocycles. The number of hydrogen-bond acceptors (Lipinski definition) is 6. The van der Waals surface area contributed by atoms with Gasteiger partial charge < -0.3 is 4.98 Å². The lowest BCUT2D eigenvalue weighted by atomic mass is 10.1. The number of nitrogens with one attached hydrogen (secondary N) is 1. The van der Waals surface area contributed by atoms with Gasteiger partial charge in [-0.3, -0.25) is 14.2 Å². The van der Waals surface area contributed by atoms with Gasteiger partial charge >= 0.3 is 0 Å². The highest BCUT2D eigenvalue weighted by Gasteiger charge is 2.21. The van der Waals surface area contributed by atoms with E-state index in [2.05, 4.69) is 4.98 Å². The van der Waals surface area contributed by atoms with E-state index < -0.39 is 0 Å². The van der Waals surface area contributed by atoms with E-state index in [-0.39, 0.29) is 11.1 Å². The maximum absolute atomic E-state index is 13.6. The first-order valence-corrected chi connectivity index (χ1v) is 13.1. The molecule has 3 heterocycles. The molecule has 1 N–H and O–H groups in total. The molecule has 0 bridgehead atoms. The van der Waals surface area contributed by atoms with Gasteiger partial charge in [-0.2, -0.15) is 0 Å². The number of para-hydroxylation sites is 1. The van der Waals surface area contributed by atoms with Crippen LogP contribution in [0.15, 0.2) is 57.2 Å². The Kier molecular flexibility index (Phi) is 5.15. The van der Waals surface area contributed by atoms with Gasteiger partial charge in [0.05, 0.1) is 27.7 Å². The molecule has 34 heavy (non-hydrogen) atoms. The molecule has 6 nitrogen and oxygen atoms in total. The first-order valence-electron chi connectivity index (χ1n) is 11.3. The van der Waals surface area contributed by atoms with Gasteiger partial charge in [-0.05, 0) is 68.0 Å². The second kappa shape index (κ2) is 8.21. The normalized spacial score (nSPS) is 13.1. The second-order valence-corrected chi connectivity index (χ2v) is 10.7. The van der Waals surface area contributed by atoms with Crippen molar-refractivity contribution in [2.24, 2.45) is 0 Å². The average molecular weight is 487 g/mol. The van der Waals surface area contributed by atoms with Gasteiger partial charge in [0.25, 0.3) is 11.1 Å². The maximum atomic E-state index is 13.6. The third-order valence-electron chi connectivity index (χ3n) is 6.31. The summed E-state index contributed by atoms with van der Waals surface area (Å²) >= 11 is 3.04. The summed E-state index contributed by atoms with van der Waals surface area (Å²) in [4.78, 5) is 41.1. The van der Waals surface area contributed by atoms with Crippen LogP contribution in [0, 0.1) is 13.8 Å². The molecular weight excluding hydrogens is 464 g/mol. The highest BCUT2D eigenvalue weighted by Crippen LogP contribution is 2.35. The standard InChI is InChI=1S/C26H22N4O2S2/c1-14-10-11-15(2)19(12-14)30-25(32)16-6-3-4-8-18(16)27-26(30)33-13-21-28-23(31)22-17-7-5-9-20(17)34-24(22)29-21/h3-4,6,8,10-12H,5,7,9,13H2,1-2H3,(H,28,29,31). The maximum Gasteiger partial charge on any atom is 0.266 e. The summed E-state index contributed by atoms with van der Waals surface area (Å²) in [5.74, 6) is 1.00. The van der Waals surface area contributed by atoms with Crippen LogP contribution in [-0.2, 0) is 18.6 Å². The van der Waals surface area contributed by atoms with Crippen LogP contribution in [0.4, 0.5) is 0 Å². The number of thiophene rings is 1. The van der Waals surface area contributed by atoms with E-state index in [0.29, 0.717) is 27.6 Å². The van der Waals surface area contributed by atoms with Gasteiger partial charge in [0, 0.05) is 4.88 Å². The van der Waals surface area contributed by atoms with Crippen LogP contribution in [0.1, 0.15) is 33.8 Å². The molecule has 5 aromatic rings. The molecule has 0 amide bonds. The van der Waals surface area contributed by atoms with Crippen molar-refractivity contribution < 1.29 is 0 Å². The molecule has 2 aromatic carbocycles. The summed E-state index contributed by atoms with van der Waals surface area (Å²) in [6.45, 7) is 4.01. The van der Waals surface area contributed by atoms with E-state index >= 15 is 0 Å². The van der Waals surface area contributed by atoms with Crippen molar-refractivity contribution in [3.63, 3.8) is 0 Å². The molecule has 170 valence electrons. The summed E-state index contributed by atoms with van der Waals surface area (Å²) in [7, 11) is 0. The van der Waals surface area contributed by atoms with Crippen LogP contribution in [0.5, 0.6) is 0 Å². The van der Waals surface area contributed by atoms with E-state index in [0.717, 1.165) is 46.3 Å². The number of aromatic nitrogens is 4. The Balaban J connectivity index is 1.45. The topological polar surface area (TPSA) is 80.6 Å². The number of nitrogens with zero attached hydrogens (tertiary/aromatic N) is 3. The van der Waals surface area contributed by atoms with E-state index in [1.807, 2.05) is 56.3 Å². The SMILES string of the molecule is Cc1ccc(C)c(-n2c(SCc3nc4sc5c(c4c(=O)[nH]3)CCC5)nc3ccccc3c2=O)c1. The summed E-state index contributed by atoms with van der Waals surface area (Å²) in [5.41, 5.74) is 4.53. The van der Waals surface area contributed by atoms with Crippen molar-refractivity contribution in [1.29, 1.82) is 0 Å². The lowest BCUT2D eigenvalue weighted by Gasteiger charge is -2.15. The first kappa shape index (κ1) is 21.3. The summed E-state index contributed by atoms with van der Waals surface area (Å²) < 4.78 is 1.69. The van der Waals surface area contributed by atoms with Gasteiger partial charge in [0.15, 0.2) is 5.16 Å². The van der Waals surface area contributed by atoms with E-state index in [1.54, 1.807) is 15.9 Å². The second-order valence-electron chi connectivity index (χ2n) is 8.68. The summed E-state index contributed by atoms with van der Waals surface area (Å²) in [6.07, 6.45) is 3.10. The Bertz CT molecular complexity index is 1710. The quantitative estimate of drug-likeness (QED) is 0.283. The molecule has 0 fully saturated rings. The molecule has 3 aromatic heterocycles. The van der Waals surface area contributed by atoms with E-state index in [4.69, 9.17) is 9.97 Å². The molecule has 1 aliphatic rings. The first-order chi connectivity index (χ1) is 16.5. The number of benzene rings is 2. The molecule has 0 unspecified atom stereocenters. The molecule has 6 rings (SSSR count). The third kappa shape index (κ3) is 3.49. The zero-order chi connectivity index (χ0) is 23.4. The monoisotopic (exact) mass is 486 g/mol. The minimum atomic E-state index is -0.103. The number of fused-ring (bicyclic) bond motifs is 4. The lowest BCUT2D eigenvalue weighted by molar-refractivity contribution is 0.812. The number of aromatic amines is 1. The molecule has 0 saturated heterocycles. The number of hydrogen-bond donors (Lipinski definition) is 1. The van der Waals surface area contributed by atoms with Crippen molar-refractivity contribution in [2.45, 2.75) is 44.0 Å². The van der Waals surface area contributed by atoms with Gasteiger partial charge in [-0.25, -0.2) is 9.97 Å². The fourth-order valence-electron chi connectivity index (χ4n) is 4.63. The Hall–Kier alpha value is -3.23. The average Bonchev–Trinajstić information content (AvgIpc) is 3.41. The molecule has 8 heteroatoms. The van der Waals surface area contributed by atoms with E-state index in [9.17, 15) is 9.59 Å². The van der Waals surface area contributed by atoms with Crippen molar-refractivity contribution in [2.75, 3.05) is 0 Å². The Morgan fingerprint density at radius 2 is 1.94 bits per heavy atom. The van der Waals surface area contributed by atoms with Crippen LogP contribution in [-0.4, -0.2) is 19.5 Å². The number of rotatable bonds is 4. The lowest BCUT2D eigenvalue weighted by Crippen LogP contribution is -2.22. The Labute approximate surface area is 203 Å². The molecule has 0 saturated carbocycles. The molecule has 0 spiro atoms. The van der Waals surface area contributed by atoms with Gasteiger partial charge in [0.2, 0.25) is 0 Å². The zero-order valence-electron chi connectivity index (χ0n) is 18.8. The Morgan fingerprint density at radius 1 is 1.09 bits per heavy atom. The fraction of sp³-hybridized carbons (Fsp3) is 0.231. The number of aryl methyl sites for hydroxylation is 4. The fourth-order valence-corrected chi connectivity index (χ4v) is 6.79. The van der Waals surface area contributed by atoms with Crippen LogP contribution in [0.2, 0.25) is 0 Å². The van der Waals surface area contributed by atoms with Crippen LogP contribution in [0.25, 0.3) is 26.8 Å². The molecular formula is C26H22N4O2S2. The van der Waals surface area contributed by atoms with Crippen molar-refractivity contribution in [3.8, 4) is 5.69 Å². The largest absolute Gasteiger partial charge is 0.309 e. The number of thioether (sulfide) groups is 1. The van der Waals surface area contributed by atoms with Crippen molar-refractivity contribution >= 4 is 44.2 Å². The molecule has 0 aliphatic heterocycles. The third-order valence-corrected chi connectivity index (χ3v) is 8.45. The van der Waals surface area contributed by atoms with Gasteiger partial charge in [0.1, 0.15) is 10.7 Å². The van der Waals surface area contributed by atoms with Crippen LogP contribution >= 0.6 is 23.1 Å². The molecule has 0 atom stereocenters. The minimum absolute atomic E-state index is 0.0709. The van der Waals surface area contributed by atoms with E-state index in [1.165, 1.54) is 22.2 Å². The van der Waals surface area contributed by atoms with Crippen molar-refractivity contribution in [1.82, 2.24) is 19.5 Å². The summed E-state index contributed by atoms with van der Waals surface area (Å²) in [6, 6.07) is 13.5. The predicted octanol–water partition coefficient (Wildman–Crippen LogP) is 5.08. The van der Waals surface area contributed by atoms with Crippen molar-refractivity contribution in [3.05, 3.63) is 90.6 Å². The van der Waals surface area contributed by atoms with Crippen LogP contribution < -0.4 is 11.1 Å². The minimum Gasteiger partial charge on any atom is -0.309 e. The Morgan fingerprint density at radius 3 is 2.82 bits per heavy atom. The highest BCUT2D eigenvalue weighted by molar-refractivity contribution is 7.98. The molecule has 0 radical (unpaired) electrons. The van der Waals surface area contributed by atoms with Gasteiger partial charge in [-0.1, -0.05) is 36.0 Å². The highest BCUT2D eigenvalue weighted by atomic mass is 32.2. The zero-order valence-corrected chi connectivity index (χ0v) is 20.5. The predicted molar refractivity (Wildman–Crippen MR) is 139 cm³/mol. The summed E-state index contributed by atoms with van der Waals surface area (Å²) in [5, 5.41) is 1.91. The smallest absolute Gasteiger partial charge is 0.266 e. The van der Waals surface area contributed by atoms with Gasteiger partial charge in [-0.15, -0.1) is 11.3 Å². The van der Waals surface area contributed by atoms with Crippen LogP contribution in [0.3, 0.4) is 0 Å². The number of H-pyrrole nitrogens is 1.